The van der Waals surface area contributed by atoms with Gasteiger partial charge in [-0.3, -0.25) is 14.4 Å². The smallest absolute Gasteiger partial charge is 0.272 e. The monoisotopic (exact) mass is 527 g/mol. The number of piperidine rings is 1. The highest BCUT2D eigenvalue weighted by Gasteiger charge is 2.41. The van der Waals surface area contributed by atoms with E-state index in [2.05, 4.69) is 26.3 Å². The lowest BCUT2D eigenvalue weighted by Gasteiger charge is -2.37. The Bertz CT molecular complexity index is 1270. The van der Waals surface area contributed by atoms with Gasteiger partial charge in [0.05, 0.1) is 11.4 Å². The van der Waals surface area contributed by atoms with Gasteiger partial charge in [-0.25, -0.2) is 4.98 Å². The first-order valence-electron chi connectivity index (χ1n) is 11.7. The van der Waals surface area contributed by atoms with Crippen molar-refractivity contribution in [3.8, 4) is 0 Å². The molecule has 2 aromatic carbocycles. The van der Waals surface area contributed by atoms with Crippen molar-refractivity contribution in [2.45, 2.75) is 24.8 Å². The van der Waals surface area contributed by atoms with Crippen LogP contribution < -0.4 is 21.3 Å². The quantitative estimate of drug-likeness (QED) is 0.266. The van der Waals surface area contributed by atoms with Gasteiger partial charge in [-0.15, -0.1) is 0 Å². The van der Waals surface area contributed by atoms with Crippen LogP contribution in [0, 0.1) is 0 Å². The van der Waals surface area contributed by atoms with Gasteiger partial charge in [-0.2, -0.15) is 0 Å². The highest BCUT2D eigenvalue weighted by molar-refractivity contribution is 6.34. The van der Waals surface area contributed by atoms with Crippen molar-refractivity contribution in [2.24, 2.45) is 0 Å². The molecule has 0 atom stereocenters. The van der Waals surface area contributed by atoms with Crippen LogP contribution in [0.25, 0.3) is 10.8 Å². The predicted molar refractivity (Wildman–Crippen MR) is 140 cm³/mol. The molecule has 0 unspecified atom stereocenters. The van der Waals surface area contributed by atoms with E-state index in [1.54, 1.807) is 0 Å². The minimum atomic E-state index is -1.12. The molecular weight excluding hydrogens is 501 g/mol. The van der Waals surface area contributed by atoms with Gasteiger partial charge >= 0.3 is 0 Å². The molecule has 8 nitrogen and oxygen atoms in total. The molecule has 1 aromatic heterocycles. The lowest BCUT2D eigenvalue weighted by Crippen LogP contribution is -2.63. The fraction of sp³-hybridized carbons (Fsp3) is 0.308. The second-order valence-electron chi connectivity index (χ2n) is 8.67. The first kappa shape index (κ1) is 25.9. The maximum absolute atomic E-state index is 13.2. The Balaban J connectivity index is 1.32. The van der Waals surface area contributed by atoms with E-state index in [0.717, 1.165) is 16.3 Å². The van der Waals surface area contributed by atoms with E-state index < -0.39 is 11.4 Å². The number of benzene rings is 2. The Kier molecular flexibility index (Phi) is 8.40. The summed E-state index contributed by atoms with van der Waals surface area (Å²) in [5.74, 6) is -1.02. The molecule has 36 heavy (non-hydrogen) atoms. The number of halogens is 2. The molecule has 0 bridgehead atoms. The fourth-order valence-corrected chi connectivity index (χ4v) is 4.68. The molecule has 0 saturated carbocycles. The molecule has 1 fully saturated rings. The third kappa shape index (κ3) is 6.13. The summed E-state index contributed by atoms with van der Waals surface area (Å²) in [6.45, 7) is 1.61. The lowest BCUT2D eigenvalue weighted by atomic mass is 9.87. The summed E-state index contributed by atoms with van der Waals surface area (Å²) in [6, 6.07) is 16.8. The Morgan fingerprint density at radius 2 is 1.64 bits per heavy atom. The number of nitrogens with zero attached hydrogens (tertiary/aromatic N) is 1. The topological polar surface area (TPSA) is 112 Å². The Hall–Kier alpha value is -3.20. The minimum Gasteiger partial charge on any atom is -0.354 e. The second-order valence-corrected chi connectivity index (χ2v) is 9.47. The normalized spacial score (nSPS) is 14.7. The number of aromatic nitrogens is 1. The number of amides is 3. The number of hydrogen-bond donors (Lipinski definition) is 4. The van der Waals surface area contributed by atoms with Crippen LogP contribution >= 0.6 is 23.2 Å². The van der Waals surface area contributed by atoms with Crippen LogP contribution in [0.1, 0.15) is 28.9 Å². The van der Waals surface area contributed by atoms with Crippen molar-refractivity contribution in [3.63, 3.8) is 0 Å². The standard InChI is InChI=1S/C26H27Cl2N5O3/c27-20-8-9-21(28)32-23(20)24(35)33-26(10-12-29-13-11-26)25(36)31-15-14-30-22(34)16-18-6-3-5-17-4-1-2-7-19(17)18/h1-9,29H,10-16H2,(H,30,34)(H,31,36)(H,33,35). The Morgan fingerprint density at radius 1 is 0.917 bits per heavy atom. The third-order valence-corrected chi connectivity index (χ3v) is 6.75. The average Bonchev–Trinajstić information content (AvgIpc) is 2.88. The van der Waals surface area contributed by atoms with Crippen molar-refractivity contribution >= 4 is 51.7 Å². The van der Waals surface area contributed by atoms with Crippen molar-refractivity contribution in [3.05, 3.63) is 76.0 Å². The summed E-state index contributed by atoms with van der Waals surface area (Å²) in [6.07, 6.45) is 1.04. The Labute approximate surface area is 219 Å². The van der Waals surface area contributed by atoms with Crippen molar-refractivity contribution < 1.29 is 14.4 Å². The van der Waals surface area contributed by atoms with Crippen LogP contribution in [0.5, 0.6) is 0 Å². The number of hydrogen-bond acceptors (Lipinski definition) is 5. The fourth-order valence-electron chi connectivity index (χ4n) is 4.35. The number of carbonyl (C=O) groups excluding carboxylic acids is 3. The molecule has 0 aliphatic carbocycles. The van der Waals surface area contributed by atoms with Gasteiger partial charge in [-0.1, -0.05) is 65.7 Å². The summed E-state index contributed by atoms with van der Waals surface area (Å²) in [5, 5.41) is 14.1. The van der Waals surface area contributed by atoms with E-state index in [-0.39, 0.29) is 47.2 Å². The number of carbonyl (C=O) groups is 3. The number of nitrogens with one attached hydrogen (secondary N) is 4. The molecule has 3 aromatic rings. The molecule has 0 radical (unpaired) electrons. The predicted octanol–water partition coefficient (Wildman–Crippen LogP) is 2.87. The van der Waals surface area contributed by atoms with Crippen molar-refractivity contribution in [1.82, 2.24) is 26.3 Å². The molecule has 2 heterocycles. The van der Waals surface area contributed by atoms with Crippen LogP contribution in [-0.2, 0) is 16.0 Å². The minimum absolute atomic E-state index is 0.0319. The van der Waals surface area contributed by atoms with Gasteiger partial charge in [0.1, 0.15) is 16.4 Å². The van der Waals surface area contributed by atoms with Gasteiger partial charge in [-0.05, 0) is 54.4 Å². The second kappa shape index (κ2) is 11.7. The highest BCUT2D eigenvalue weighted by atomic mass is 35.5. The third-order valence-electron chi connectivity index (χ3n) is 6.24. The van der Waals surface area contributed by atoms with E-state index in [9.17, 15) is 14.4 Å². The number of rotatable bonds is 8. The molecule has 10 heteroatoms. The molecule has 4 rings (SSSR count). The molecule has 188 valence electrons. The van der Waals surface area contributed by atoms with Gasteiger partial charge in [0.25, 0.3) is 5.91 Å². The largest absolute Gasteiger partial charge is 0.354 e. The molecule has 1 aliphatic rings. The van der Waals surface area contributed by atoms with E-state index in [1.807, 2.05) is 42.5 Å². The lowest BCUT2D eigenvalue weighted by molar-refractivity contribution is -0.128. The number of pyridine rings is 1. The zero-order chi connectivity index (χ0) is 25.5. The van der Waals surface area contributed by atoms with Crippen LogP contribution in [-0.4, -0.2) is 54.4 Å². The summed E-state index contributed by atoms with van der Waals surface area (Å²) in [5.41, 5.74) is -0.210. The van der Waals surface area contributed by atoms with Gasteiger partial charge < -0.3 is 21.3 Å². The SMILES string of the molecule is O=C(Cc1cccc2ccccc12)NCCNC(=O)C1(NC(=O)c2nc(Cl)ccc2Cl)CCNCC1. The van der Waals surface area contributed by atoms with Gasteiger partial charge in [0.15, 0.2) is 0 Å². The molecule has 0 spiro atoms. The van der Waals surface area contributed by atoms with E-state index in [1.165, 1.54) is 12.1 Å². The van der Waals surface area contributed by atoms with Crippen molar-refractivity contribution in [1.29, 1.82) is 0 Å². The summed E-state index contributed by atoms with van der Waals surface area (Å²) in [7, 11) is 0. The zero-order valence-electron chi connectivity index (χ0n) is 19.6. The van der Waals surface area contributed by atoms with Crippen LogP contribution in [0.4, 0.5) is 0 Å². The molecule has 3 amide bonds. The number of fused-ring (bicyclic) bond motifs is 1. The average molecular weight is 528 g/mol. The van der Waals surface area contributed by atoms with E-state index >= 15 is 0 Å². The van der Waals surface area contributed by atoms with E-state index in [4.69, 9.17) is 23.2 Å². The van der Waals surface area contributed by atoms with Crippen LogP contribution in [0.3, 0.4) is 0 Å². The first-order chi connectivity index (χ1) is 17.4. The Morgan fingerprint density at radius 3 is 2.44 bits per heavy atom. The first-order valence-corrected chi connectivity index (χ1v) is 12.5. The van der Waals surface area contributed by atoms with Crippen LogP contribution in [0.15, 0.2) is 54.6 Å². The van der Waals surface area contributed by atoms with Crippen LogP contribution in [0.2, 0.25) is 10.2 Å². The van der Waals surface area contributed by atoms with Crippen molar-refractivity contribution in [2.75, 3.05) is 26.2 Å². The molecular formula is C26H27Cl2N5O3. The maximum Gasteiger partial charge on any atom is 0.272 e. The van der Waals surface area contributed by atoms with Gasteiger partial charge in [0, 0.05) is 13.1 Å². The summed E-state index contributed by atoms with van der Waals surface area (Å²) >= 11 is 12.0. The van der Waals surface area contributed by atoms with Gasteiger partial charge in [0.2, 0.25) is 11.8 Å². The molecule has 4 N–H and O–H groups in total. The summed E-state index contributed by atoms with van der Waals surface area (Å²) in [4.78, 5) is 42.6. The molecule has 1 aliphatic heterocycles. The highest BCUT2D eigenvalue weighted by Crippen LogP contribution is 2.22. The van der Waals surface area contributed by atoms with E-state index in [0.29, 0.717) is 25.9 Å². The maximum atomic E-state index is 13.2. The molecule has 1 saturated heterocycles. The summed E-state index contributed by atoms with van der Waals surface area (Å²) < 4.78 is 0. The zero-order valence-corrected chi connectivity index (χ0v) is 21.1.